The minimum absolute atomic E-state index is 0.640. The van der Waals surface area contributed by atoms with Gasteiger partial charge in [0.2, 0.25) is 5.67 Å². The second kappa shape index (κ2) is 6.67. The van der Waals surface area contributed by atoms with E-state index < -0.39 is 41.8 Å². The number of methoxy groups -OCH3 is 1. The lowest BCUT2D eigenvalue weighted by Crippen LogP contribution is -2.53. The van der Waals surface area contributed by atoms with E-state index in [1.54, 1.807) is 0 Å². The largest absolute Gasteiger partial charge is 0.394 e. The highest BCUT2D eigenvalue weighted by Gasteiger charge is 2.47. The summed E-state index contributed by atoms with van der Waals surface area (Å²) in [6.07, 6.45) is 3.11. The number of nitrogens with one attached hydrogen (secondary N) is 1. The first-order chi connectivity index (χ1) is 9.81. The standard InChI is InChI=1S/C13H17FN2O5/c1-4-13(14,11(19)9(7-17)21-3)8(2)16-6-5-10(18)15-12(16)20/h1,5-6,8-9,11,17,19H,7H2,2-3H3,(H,15,18,20)/t8?,9?,11?,13-/m1/s1. The molecule has 1 aromatic rings. The van der Waals surface area contributed by atoms with Crippen LogP contribution in [-0.4, -0.2) is 51.4 Å². The molecular formula is C13H17FN2O5. The number of halogens is 1. The molecule has 0 aliphatic rings. The fraction of sp³-hybridized carbons (Fsp3) is 0.538. The molecule has 0 aliphatic heterocycles. The summed E-state index contributed by atoms with van der Waals surface area (Å²) in [5, 5.41) is 19.1. The van der Waals surface area contributed by atoms with E-state index in [2.05, 4.69) is 0 Å². The molecule has 0 spiro atoms. The molecule has 0 aliphatic carbocycles. The Labute approximate surface area is 120 Å². The maximum atomic E-state index is 15.0. The third kappa shape index (κ3) is 3.21. The maximum Gasteiger partial charge on any atom is 0.328 e. The Bertz CT molecular complexity index is 630. The molecule has 0 aromatic carbocycles. The zero-order valence-corrected chi connectivity index (χ0v) is 11.6. The van der Waals surface area contributed by atoms with Gasteiger partial charge in [0.15, 0.2) is 0 Å². The second-order valence-electron chi connectivity index (χ2n) is 4.51. The number of ether oxygens (including phenoxy) is 1. The van der Waals surface area contributed by atoms with Gasteiger partial charge in [-0.2, -0.15) is 0 Å². The van der Waals surface area contributed by atoms with Gasteiger partial charge in [-0.1, -0.05) is 5.92 Å². The van der Waals surface area contributed by atoms with E-state index in [0.29, 0.717) is 0 Å². The molecule has 1 rings (SSSR count). The SMILES string of the molecule is C#C[C@](F)(C(O)C(CO)OC)C(C)n1ccc(=O)[nH]c1=O. The number of aromatic nitrogens is 2. The van der Waals surface area contributed by atoms with Crippen molar-refractivity contribution in [3.8, 4) is 12.3 Å². The van der Waals surface area contributed by atoms with Gasteiger partial charge >= 0.3 is 5.69 Å². The predicted molar refractivity (Wildman–Crippen MR) is 72.6 cm³/mol. The number of terminal acetylenes is 1. The zero-order valence-electron chi connectivity index (χ0n) is 11.6. The summed E-state index contributed by atoms with van der Waals surface area (Å²) in [5.41, 5.74) is -4.19. The molecule has 4 atom stereocenters. The van der Waals surface area contributed by atoms with E-state index >= 15 is 0 Å². The molecule has 1 aromatic heterocycles. The topological polar surface area (TPSA) is 105 Å². The van der Waals surface area contributed by atoms with Crippen molar-refractivity contribution in [1.82, 2.24) is 9.55 Å². The lowest BCUT2D eigenvalue weighted by atomic mass is 9.88. The first-order valence-electron chi connectivity index (χ1n) is 6.11. The van der Waals surface area contributed by atoms with E-state index in [-0.39, 0.29) is 0 Å². The van der Waals surface area contributed by atoms with E-state index in [0.717, 1.165) is 16.8 Å². The minimum atomic E-state index is -2.69. The van der Waals surface area contributed by atoms with Crippen molar-refractivity contribution in [2.75, 3.05) is 13.7 Å². The van der Waals surface area contributed by atoms with Crippen LogP contribution in [0.2, 0.25) is 0 Å². The van der Waals surface area contributed by atoms with Crippen LogP contribution in [0.25, 0.3) is 0 Å². The van der Waals surface area contributed by atoms with Crippen molar-refractivity contribution in [3.05, 3.63) is 33.1 Å². The quantitative estimate of drug-likeness (QED) is 0.573. The van der Waals surface area contributed by atoms with Crippen LogP contribution in [0.5, 0.6) is 0 Å². The van der Waals surface area contributed by atoms with Crippen molar-refractivity contribution in [3.63, 3.8) is 0 Å². The Balaban J connectivity index is 3.27. The lowest BCUT2D eigenvalue weighted by Gasteiger charge is -2.35. The van der Waals surface area contributed by atoms with Gasteiger partial charge in [0.1, 0.15) is 12.2 Å². The zero-order chi connectivity index (χ0) is 16.2. The fourth-order valence-corrected chi connectivity index (χ4v) is 1.96. The minimum Gasteiger partial charge on any atom is -0.394 e. The summed E-state index contributed by atoms with van der Waals surface area (Å²) in [6.45, 7) is 0.616. The van der Waals surface area contributed by atoms with Crippen molar-refractivity contribution in [2.45, 2.75) is 30.8 Å². The number of aromatic amines is 1. The van der Waals surface area contributed by atoms with E-state index in [1.165, 1.54) is 14.0 Å². The number of hydrogen-bond donors (Lipinski definition) is 3. The third-order valence-electron chi connectivity index (χ3n) is 3.36. The molecule has 0 bridgehead atoms. The molecule has 3 unspecified atom stereocenters. The Morgan fingerprint density at radius 2 is 2.24 bits per heavy atom. The van der Waals surface area contributed by atoms with Crippen LogP contribution in [0.4, 0.5) is 4.39 Å². The number of nitrogens with zero attached hydrogens (tertiary/aromatic N) is 1. The van der Waals surface area contributed by atoms with Crippen molar-refractivity contribution >= 4 is 0 Å². The molecule has 116 valence electrons. The molecule has 8 heteroatoms. The number of aliphatic hydroxyl groups is 2. The first-order valence-corrected chi connectivity index (χ1v) is 6.11. The van der Waals surface area contributed by atoms with E-state index in [1.807, 2.05) is 10.9 Å². The molecule has 0 saturated carbocycles. The number of H-pyrrole nitrogens is 1. The highest BCUT2D eigenvalue weighted by Crippen LogP contribution is 2.31. The Morgan fingerprint density at radius 3 is 2.67 bits per heavy atom. The summed E-state index contributed by atoms with van der Waals surface area (Å²) in [7, 11) is 1.18. The number of alkyl halides is 1. The predicted octanol–water partition coefficient (Wildman–Crippen LogP) is -1.19. The van der Waals surface area contributed by atoms with Gasteiger partial charge in [-0.25, -0.2) is 9.18 Å². The van der Waals surface area contributed by atoms with Crippen LogP contribution in [0, 0.1) is 12.3 Å². The summed E-state index contributed by atoms with van der Waals surface area (Å²) < 4.78 is 20.6. The van der Waals surface area contributed by atoms with E-state index in [4.69, 9.17) is 16.3 Å². The average molecular weight is 300 g/mol. The molecule has 1 heterocycles. The summed E-state index contributed by atoms with van der Waals surface area (Å²) in [4.78, 5) is 24.7. The lowest BCUT2D eigenvalue weighted by molar-refractivity contribution is -0.105. The van der Waals surface area contributed by atoms with Crippen LogP contribution < -0.4 is 11.2 Å². The van der Waals surface area contributed by atoms with Crippen molar-refractivity contribution in [1.29, 1.82) is 0 Å². The average Bonchev–Trinajstić information content (AvgIpc) is 2.46. The molecule has 21 heavy (non-hydrogen) atoms. The summed E-state index contributed by atoms with van der Waals surface area (Å²) in [5.74, 6) is 1.81. The summed E-state index contributed by atoms with van der Waals surface area (Å²) >= 11 is 0. The van der Waals surface area contributed by atoms with Gasteiger partial charge in [0.05, 0.1) is 12.6 Å². The van der Waals surface area contributed by atoms with Gasteiger partial charge in [0.25, 0.3) is 5.56 Å². The Kier molecular flexibility index (Phi) is 5.43. The summed E-state index contributed by atoms with van der Waals surface area (Å²) in [6, 6.07) is -0.271. The smallest absolute Gasteiger partial charge is 0.328 e. The van der Waals surface area contributed by atoms with Gasteiger partial charge in [-0.3, -0.25) is 14.3 Å². The molecular weight excluding hydrogens is 283 g/mol. The van der Waals surface area contributed by atoms with Crippen molar-refractivity contribution in [2.24, 2.45) is 0 Å². The van der Waals surface area contributed by atoms with Crippen LogP contribution in [-0.2, 0) is 4.74 Å². The molecule has 0 radical (unpaired) electrons. The van der Waals surface area contributed by atoms with Crippen molar-refractivity contribution < 1.29 is 19.3 Å². The fourth-order valence-electron chi connectivity index (χ4n) is 1.96. The van der Waals surface area contributed by atoms with Gasteiger partial charge in [0, 0.05) is 19.4 Å². The van der Waals surface area contributed by atoms with Crippen LogP contribution in [0.1, 0.15) is 13.0 Å². The Hall–Kier alpha value is -1.95. The molecule has 7 nitrogen and oxygen atoms in total. The molecule has 0 fully saturated rings. The first kappa shape index (κ1) is 17.1. The van der Waals surface area contributed by atoms with Gasteiger partial charge in [-0.05, 0) is 6.92 Å². The number of rotatable bonds is 6. The third-order valence-corrected chi connectivity index (χ3v) is 3.36. The van der Waals surface area contributed by atoms with Gasteiger partial charge < -0.3 is 14.9 Å². The highest BCUT2D eigenvalue weighted by atomic mass is 19.1. The normalized spacial score (nSPS) is 18.3. The van der Waals surface area contributed by atoms with Crippen LogP contribution in [0.3, 0.4) is 0 Å². The number of aliphatic hydroxyl groups excluding tert-OH is 2. The molecule has 0 saturated heterocycles. The Morgan fingerprint density at radius 1 is 1.62 bits per heavy atom. The second-order valence-corrected chi connectivity index (χ2v) is 4.51. The monoisotopic (exact) mass is 300 g/mol. The molecule has 3 N–H and O–H groups in total. The highest BCUT2D eigenvalue weighted by molar-refractivity contribution is 5.17. The van der Waals surface area contributed by atoms with E-state index in [9.17, 15) is 19.1 Å². The maximum absolute atomic E-state index is 15.0. The van der Waals surface area contributed by atoms with Crippen LogP contribution >= 0.6 is 0 Å². The van der Waals surface area contributed by atoms with Crippen LogP contribution in [0.15, 0.2) is 21.9 Å². The van der Waals surface area contributed by atoms with Gasteiger partial charge in [-0.15, -0.1) is 6.42 Å². The molecule has 0 amide bonds. The number of hydrogen-bond acceptors (Lipinski definition) is 5.